The van der Waals surface area contributed by atoms with E-state index in [0.717, 1.165) is 5.02 Å². The van der Waals surface area contributed by atoms with Gasteiger partial charge in [-0.3, -0.25) is 4.99 Å². The molecule has 0 heterocycles. The molecule has 0 spiro atoms. The van der Waals surface area contributed by atoms with E-state index >= 15 is 0 Å². The van der Waals surface area contributed by atoms with Crippen LogP contribution in [0.5, 0.6) is 0 Å². The van der Waals surface area contributed by atoms with Crippen LogP contribution in [0.4, 0.5) is 4.79 Å². The molecule has 0 saturated heterocycles. The zero-order chi connectivity index (χ0) is 20.4. The van der Waals surface area contributed by atoms with Gasteiger partial charge in [0.2, 0.25) is 0 Å². The van der Waals surface area contributed by atoms with Crippen LogP contribution < -0.4 is 16.0 Å². The predicted molar refractivity (Wildman–Crippen MR) is 111 cm³/mol. The normalized spacial score (nSPS) is 13.3. The van der Waals surface area contributed by atoms with Crippen LogP contribution in [0.3, 0.4) is 0 Å². The summed E-state index contributed by atoms with van der Waals surface area (Å²) in [6.07, 6.45) is -0.428. The number of rotatable bonds is 7. The monoisotopic (exact) mass is 397 g/mol. The van der Waals surface area contributed by atoms with Crippen LogP contribution in [0, 0.1) is 0 Å². The number of ether oxygens (including phenoxy) is 1. The third-order valence-electron chi connectivity index (χ3n) is 3.65. The molecular formula is C19H32ClN5O2. The molecule has 1 amide bonds. The third-order valence-corrected chi connectivity index (χ3v) is 3.90. The summed E-state index contributed by atoms with van der Waals surface area (Å²) in [7, 11) is 5.77. The maximum absolute atomic E-state index is 11.6. The van der Waals surface area contributed by atoms with Crippen molar-refractivity contribution in [3.05, 3.63) is 34.9 Å². The fourth-order valence-electron chi connectivity index (χ4n) is 2.36. The molecule has 0 aliphatic rings. The lowest BCUT2D eigenvalue weighted by molar-refractivity contribution is 0.0529. The molecule has 0 bridgehead atoms. The number of amides is 1. The molecule has 1 unspecified atom stereocenters. The molecule has 1 rings (SSSR count). The van der Waals surface area contributed by atoms with Crippen LogP contribution in [0.15, 0.2) is 29.3 Å². The van der Waals surface area contributed by atoms with E-state index < -0.39 is 11.7 Å². The highest BCUT2D eigenvalue weighted by atomic mass is 35.5. The van der Waals surface area contributed by atoms with Crippen molar-refractivity contribution in [1.29, 1.82) is 0 Å². The van der Waals surface area contributed by atoms with E-state index in [1.807, 2.05) is 59.1 Å². The number of nitrogens with one attached hydrogen (secondary N) is 3. The Balaban J connectivity index is 2.44. The molecule has 1 atom stereocenters. The number of guanidine groups is 1. The van der Waals surface area contributed by atoms with Crippen molar-refractivity contribution in [2.24, 2.45) is 4.99 Å². The van der Waals surface area contributed by atoms with Crippen molar-refractivity contribution >= 4 is 23.7 Å². The zero-order valence-corrected chi connectivity index (χ0v) is 17.9. The van der Waals surface area contributed by atoms with Gasteiger partial charge in [0, 0.05) is 31.7 Å². The summed E-state index contributed by atoms with van der Waals surface area (Å²) in [6.45, 7) is 7.14. The van der Waals surface area contributed by atoms with E-state index in [4.69, 9.17) is 16.3 Å². The summed E-state index contributed by atoms with van der Waals surface area (Å²) >= 11 is 5.98. The molecular weight excluding hydrogens is 366 g/mol. The van der Waals surface area contributed by atoms with Gasteiger partial charge in [0.05, 0.1) is 6.04 Å². The molecule has 8 heteroatoms. The molecule has 7 nitrogen and oxygen atoms in total. The summed E-state index contributed by atoms with van der Waals surface area (Å²) in [5, 5.41) is 9.91. The Kier molecular flexibility index (Phi) is 9.38. The predicted octanol–water partition coefficient (Wildman–Crippen LogP) is 2.63. The first-order valence-electron chi connectivity index (χ1n) is 8.95. The number of alkyl carbamates (subject to hydrolysis) is 1. The molecule has 0 aromatic heterocycles. The van der Waals surface area contributed by atoms with E-state index in [1.54, 1.807) is 7.05 Å². The van der Waals surface area contributed by atoms with Gasteiger partial charge in [-0.05, 0) is 52.6 Å². The molecule has 0 radical (unpaired) electrons. The molecule has 1 aromatic carbocycles. The number of aliphatic imine (C=N–C) groups is 1. The maximum Gasteiger partial charge on any atom is 0.407 e. The topological polar surface area (TPSA) is 78.0 Å². The number of likely N-dealkylation sites (N-methyl/N-ethyl adjacent to an activating group) is 1. The van der Waals surface area contributed by atoms with Crippen molar-refractivity contribution < 1.29 is 9.53 Å². The lowest BCUT2D eigenvalue weighted by Gasteiger charge is -2.26. The van der Waals surface area contributed by atoms with E-state index in [2.05, 4.69) is 25.8 Å². The molecule has 3 N–H and O–H groups in total. The average molecular weight is 398 g/mol. The van der Waals surface area contributed by atoms with Gasteiger partial charge >= 0.3 is 6.09 Å². The van der Waals surface area contributed by atoms with Crippen molar-refractivity contribution in [2.75, 3.05) is 40.8 Å². The third kappa shape index (κ3) is 9.49. The summed E-state index contributed by atoms with van der Waals surface area (Å²) in [6, 6.07) is 8.00. The molecule has 27 heavy (non-hydrogen) atoms. The number of halogens is 1. The van der Waals surface area contributed by atoms with E-state index in [9.17, 15) is 4.79 Å². The first kappa shape index (κ1) is 23.0. The molecule has 152 valence electrons. The van der Waals surface area contributed by atoms with Crippen LogP contribution in [-0.2, 0) is 4.74 Å². The molecule has 0 saturated carbocycles. The van der Waals surface area contributed by atoms with Crippen LogP contribution in [0.25, 0.3) is 0 Å². The van der Waals surface area contributed by atoms with Gasteiger partial charge in [0.15, 0.2) is 5.96 Å². The Morgan fingerprint density at radius 3 is 2.26 bits per heavy atom. The Morgan fingerprint density at radius 1 is 1.15 bits per heavy atom. The fourth-order valence-corrected chi connectivity index (χ4v) is 2.48. The smallest absolute Gasteiger partial charge is 0.407 e. The number of benzene rings is 1. The Hall–Kier alpha value is -1.99. The molecule has 0 aliphatic carbocycles. The highest BCUT2D eigenvalue weighted by molar-refractivity contribution is 6.30. The summed E-state index contributed by atoms with van der Waals surface area (Å²) in [5.41, 5.74) is 0.664. The number of hydrogen-bond donors (Lipinski definition) is 3. The van der Waals surface area contributed by atoms with Gasteiger partial charge in [0.25, 0.3) is 0 Å². The summed E-state index contributed by atoms with van der Waals surface area (Å²) in [4.78, 5) is 18.0. The van der Waals surface area contributed by atoms with Crippen molar-refractivity contribution in [1.82, 2.24) is 20.9 Å². The van der Waals surface area contributed by atoms with Gasteiger partial charge in [-0.25, -0.2) is 4.79 Å². The Bertz CT molecular complexity index is 612. The summed E-state index contributed by atoms with van der Waals surface area (Å²) < 4.78 is 5.20. The quantitative estimate of drug-likeness (QED) is 0.374. The van der Waals surface area contributed by atoms with E-state index in [-0.39, 0.29) is 6.04 Å². The van der Waals surface area contributed by atoms with Crippen LogP contribution in [-0.4, -0.2) is 63.3 Å². The van der Waals surface area contributed by atoms with Crippen molar-refractivity contribution in [3.8, 4) is 0 Å². The van der Waals surface area contributed by atoms with E-state index in [1.165, 1.54) is 5.56 Å². The number of carbonyl (C=O) groups is 1. The number of nitrogens with zero attached hydrogens (tertiary/aromatic N) is 2. The van der Waals surface area contributed by atoms with Crippen LogP contribution in [0.1, 0.15) is 32.4 Å². The first-order valence-corrected chi connectivity index (χ1v) is 9.33. The molecule has 1 aromatic rings. The van der Waals surface area contributed by atoms with Crippen LogP contribution >= 0.6 is 11.6 Å². The summed E-state index contributed by atoms with van der Waals surface area (Å²) in [5.74, 6) is 0.668. The minimum Gasteiger partial charge on any atom is -0.444 e. The van der Waals surface area contributed by atoms with Crippen molar-refractivity contribution in [2.45, 2.75) is 32.4 Å². The zero-order valence-electron chi connectivity index (χ0n) is 17.1. The Morgan fingerprint density at radius 2 is 1.74 bits per heavy atom. The second-order valence-electron chi connectivity index (χ2n) is 7.34. The van der Waals surface area contributed by atoms with E-state index in [0.29, 0.717) is 25.6 Å². The van der Waals surface area contributed by atoms with Gasteiger partial charge in [-0.15, -0.1) is 0 Å². The lowest BCUT2D eigenvalue weighted by atomic mass is 10.1. The standard InChI is InChI=1S/C19H32ClN5O2/c1-19(2,3)27-18(26)23-12-11-22-17(21-4)24-13-16(25(5)6)14-7-9-15(20)10-8-14/h7-10,16H,11-13H2,1-6H3,(H,23,26)(H2,21,22,24). The minimum absolute atomic E-state index is 0.167. The average Bonchev–Trinajstić information content (AvgIpc) is 2.56. The van der Waals surface area contributed by atoms with Crippen LogP contribution in [0.2, 0.25) is 5.02 Å². The second kappa shape index (κ2) is 11.0. The van der Waals surface area contributed by atoms with Gasteiger partial charge in [-0.1, -0.05) is 23.7 Å². The number of carbonyl (C=O) groups excluding carboxylic acids is 1. The largest absolute Gasteiger partial charge is 0.444 e. The second-order valence-corrected chi connectivity index (χ2v) is 7.78. The minimum atomic E-state index is -0.502. The Labute approximate surface area is 167 Å². The lowest BCUT2D eigenvalue weighted by Crippen LogP contribution is -2.44. The highest BCUT2D eigenvalue weighted by Gasteiger charge is 2.16. The highest BCUT2D eigenvalue weighted by Crippen LogP contribution is 2.19. The molecule has 0 aliphatic heterocycles. The fraction of sp³-hybridized carbons (Fsp3) is 0.579. The van der Waals surface area contributed by atoms with Gasteiger partial charge < -0.3 is 25.6 Å². The number of hydrogen-bond acceptors (Lipinski definition) is 4. The maximum atomic E-state index is 11.6. The molecule has 0 fully saturated rings. The SMILES string of the molecule is CN=C(NCCNC(=O)OC(C)(C)C)NCC(c1ccc(Cl)cc1)N(C)C. The first-order chi connectivity index (χ1) is 12.6. The van der Waals surface area contributed by atoms with Gasteiger partial charge in [0.1, 0.15) is 5.60 Å². The van der Waals surface area contributed by atoms with Crippen molar-refractivity contribution in [3.63, 3.8) is 0 Å². The van der Waals surface area contributed by atoms with Gasteiger partial charge in [-0.2, -0.15) is 0 Å².